The van der Waals surface area contributed by atoms with Crippen molar-refractivity contribution >= 4 is 45.3 Å². The number of carbonyl (C=O) groups excluding carboxylic acids is 1. The van der Waals surface area contributed by atoms with Crippen LogP contribution in [0.1, 0.15) is 25.8 Å². The number of nitrogens with one attached hydrogen (secondary N) is 2. The van der Waals surface area contributed by atoms with Gasteiger partial charge in [0.05, 0.1) is 4.90 Å². The van der Waals surface area contributed by atoms with Crippen molar-refractivity contribution in [3.05, 3.63) is 65.2 Å². The Hall–Kier alpha value is -2.68. The second-order valence-electron chi connectivity index (χ2n) is 7.04. The normalized spacial score (nSPS) is 12.8. The number of anilines is 1. The average Bonchev–Trinajstić information content (AvgIpc) is 2.67. The van der Waals surface area contributed by atoms with Crippen molar-refractivity contribution in [2.24, 2.45) is 5.92 Å². The summed E-state index contributed by atoms with van der Waals surface area (Å²) in [7, 11) is -4.01. The predicted molar refractivity (Wildman–Crippen MR) is 117 cm³/mol. The molecule has 3 N–H and O–H groups in total. The summed E-state index contributed by atoms with van der Waals surface area (Å²) in [5, 5.41) is 12.5. The topological polar surface area (TPSA) is 113 Å². The summed E-state index contributed by atoms with van der Waals surface area (Å²) in [5.74, 6) is -1.61. The zero-order valence-corrected chi connectivity index (χ0v) is 18.1. The van der Waals surface area contributed by atoms with Crippen LogP contribution in [0.2, 0.25) is 5.02 Å². The molecule has 0 spiro atoms. The van der Waals surface area contributed by atoms with E-state index in [1.54, 1.807) is 30.3 Å². The molecule has 1 atom stereocenters. The lowest BCUT2D eigenvalue weighted by Crippen LogP contribution is -2.41. The van der Waals surface area contributed by atoms with E-state index in [2.05, 4.69) is 10.0 Å². The first-order chi connectivity index (χ1) is 14.1. The monoisotopic (exact) mass is 450 g/mol. The molecule has 0 aliphatic heterocycles. The van der Waals surface area contributed by atoms with Crippen LogP contribution in [0.4, 0.5) is 5.69 Å². The molecule has 0 fully saturated rings. The minimum Gasteiger partial charge on any atom is -0.480 e. The summed E-state index contributed by atoms with van der Waals surface area (Å²) in [4.78, 5) is 23.3. The van der Waals surface area contributed by atoms with Crippen LogP contribution in [0, 0.1) is 5.92 Å². The van der Waals surface area contributed by atoms with Crippen LogP contribution in [-0.4, -0.2) is 31.4 Å². The van der Waals surface area contributed by atoms with Crippen molar-refractivity contribution in [3.8, 4) is 0 Å². The smallest absolute Gasteiger partial charge is 0.321 e. The Morgan fingerprint density at radius 2 is 1.67 bits per heavy atom. The van der Waals surface area contributed by atoms with E-state index in [-0.39, 0.29) is 23.1 Å². The summed E-state index contributed by atoms with van der Waals surface area (Å²) in [6, 6.07) is 11.2. The highest BCUT2D eigenvalue weighted by Crippen LogP contribution is 2.16. The Morgan fingerprint density at radius 1 is 1.07 bits per heavy atom. The summed E-state index contributed by atoms with van der Waals surface area (Å²) < 4.78 is 27.1. The first-order valence-electron chi connectivity index (χ1n) is 9.16. The minimum absolute atomic E-state index is 0.00677. The molecule has 0 aliphatic rings. The van der Waals surface area contributed by atoms with Gasteiger partial charge in [-0.1, -0.05) is 37.6 Å². The van der Waals surface area contributed by atoms with Crippen molar-refractivity contribution in [2.75, 3.05) is 5.32 Å². The molecule has 30 heavy (non-hydrogen) atoms. The number of carboxylic acid groups (broad SMARTS) is 1. The van der Waals surface area contributed by atoms with Crippen molar-refractivity contribution in [3.63, 3.8) is 0 Å². The van der Waals surface area contributed by atoms with Crippen LogP contribution in [-0.2, 0) is 19.6 Å². The number of rotatable bonds is 9. The standard InChI is InChI=1S/C21H23ClN2O5S/c1-14(2)13-19(21(26)27)24-30(28,29)18-10-8-17(9-11-18)23-20(25)12-5-15-3-6-16(22)7-4-15/h3-12,14,19,24H,13H2,1-2H3,(H,23,25)(H,26,27)/b12-5+/t19-/m0/s1. The molecular formula is C21H23ClN2O5S. The molecule has 0 heterocycles. The highest BCUT2D eigenvalue weighted by molar-refractivity contribution is 7.89. The molecule has 0 aliphatic carbocycles. The quantitative estimate of drug-likeness (QED) is 0.503. The highest BCUT2D eigenvalue weighted by Gasteiger charge is 2.26. The molecule has 0 saturated heterocycles. The lowest BCUT2D eigenvalue weighted by Gasteiger charge is -2.16. The van der Waals surface area contributed by atoms with Gasteiger partial charge in [-0.15, -0.1) is 0 Å². The summed E-state index contributed by atoms with van der Waals surface area (Å²) >= 11 is 5.81. The van der Waals surface area contributed by atoms with Crippen LogP contribution in [0.25, 0.3) is 6.08 Å². The zero-order valence-electron chi connectivity index (χ0n) is 16.5. The summed E-state index contributed by atoms with van der Waals surface area (Å²) in [6.07, 6.45) is 3.14. The average molecular weight is 451 g/mol. The van der Waals surface area contributed by atoms with Gasteiger partial charge in [-0.25, -0.2) is 8.42 Å². The van der Waals surface area contributed by atoms with Crippen molar-refractivity contribution in [1.82, 2.24) is 4.72 Å². The zero-order chi connectivity index (χ0) is 22.3. The number of sulfonamides is 1. The molecule has 0 unspecified atom stereocenters. The third-order valence-electron chi connectivity index (χ3n) is 4.03. The first kappa shape index (κ1) is 23.6. The van der Waals surface area contributed by atoms with E-state index < -0.39 is 22.0 Å². The van der Waals surface area contributed by atoms with Crippen molar-refractivity contribution in [1.29, 1.82) is 0 Å². The van der Waals surface area contributed by atoms with Crippen molar-refractivity contribution in [2.45, 2.75) is 31.2 Å². The van der Waals surface area contributed by atoms with Gasteiger partial charge in [0.15, 0.2) is 0 Å². The number of carboxylic acids is 1. The molecule has 0 bridgehead atoms. The number of aliphatic carboxylic acids is 1. The van der Waals surface area contributed by atoms with Gasteiger partial charge >= 0.3 is 5.97 Å². The number of amides is 1. The molecule has 0 saturated carbocycles. The van der Waals surface area contributed by atoms with Crippen LogP contribution >= 0.6 is 11.6 Å². The maximum absolute atomic E-state index is 12.5. The molecule has 160 valence electrons. The fraction of sp³-hybridized carbons (Fsp3) is 0.238. The van der Waals surface area contributed by atoms with E-state index in [1.165, 1.54) is 30.3 Å². The molecule has 7 nitrogen and oxygen atoms in total. The van der Waals surface area contributed by atoms with Gasteiger partial charge in [0.25, 0.3) is 0 Å². The number of benzene rings is 2. The largest absolute Gasteiger partial charge is 0.480 e. The number of carbonyl (C=O) groups is 2. The second kappa shape index (κ2) is 10.4. The van der Waals surface area contributed by atoms with Gasteiger partial charge in [-0.05, 0) is 60.4 Å². The minimum atomic E-state index is -4.01. The Labute approximate surface area is 180 Å². The van der Waals surface area contributed by atoms with E-state index >= 15 is 0 Å². The first-order valence-corrected chi connectivity index (χ1v) is 11.0. The van der Waals surface area contributed by atoms with Gasteiger partial charge in [0.2, 0.25) is 15.9 Å². The van der Waals surface area contributed by atoms with E-state index in [4.69, 9.17) is 11.6 Å². The van der Waals surface area contributed by atoms with E-state index in [0.29, 0.717) is 10.7 Å². The van der Waals surface area contributed by atoms with Gasteiger partial charge in [-0.3, -0.25) is 9.59 Å². The second-order valence-corrected chi connectivity index (χ2v) is 9.19. The lowest BCUT2D eigenvalue weighted by atomic mass is 10.1. The van der Waals surface area contributed by atoms with Gasteiger partial charge in [0.1, 0.15) is 6.04 Å². The van der Waals surface area contributed by atoms with Crippen LogP contribution < -0.4 is 10.0 Å². The van der Waals surface area contributed by atoms with Crippen LogP contribution in [0.5, 0.6) is 0 Å². The molecule has 2 rings (SSSR count). The highest BCUT2D eigenvalue weighted by atomic mass is 35.5. The molecule has 0 aromatic heterocycles. The van der Waals surface area contributed by atoms with E-state index in [1.807, 2.05) is 13.8 Å². The van der Waals surface area contributed by atoms with Gasteiger partial charge < -0.3 is 10.4 Å². The SMILES string of the molecule is CC(C)C[C@H](NS(=O)(=O)c1ccc(NC(=O)/C=C/c2ccc(Cl)cc2)cc1)C(=O)O. The van der Waals surface area contributed by atoms with Crippen LogP contribution in [0.3, 0.4) is 0 Å². The molecule has 1 amide bonds. The number of hydrogen-bond acceptors (Lipinski definition) is 4. The molecule has 9 heteroatoms. The lowest BCUT2D eigenvalue weighted by molar-refractivity contribution is -0.139. The summed E-state index contributed by atoms with van der Waals surface area (Å²) in [6.45, 7) is 3.62. The van der Waals surface area contributed by atoms with E-state index in [9.17, 15) is 23.1 Å². The van der Waals surface area contributed by atoms with Gasteiger partial charge in [0, 0.05) is 16.8 Å². The molecule has 2 aromatic rings. The summed E-state index contributed by atoms with van der Waals surface area (Å²) in [5.41, 5.74) is 1.20. The number of halogens is 1. The van der Waals surface area contributed by atoms with E-state index in [0.717, 1.165) is 5.56 Å². The Bertz CT molecular complexity index is 1020. The van der Waals surface area contributed by atoms with Crippen molar-refractivity contribution < 1.29 is 23.1 Å². The third kappa shape index (κ3) is 7.29. The predicted octanol–water partition coefficient (Wildman–Crippen LogP) is 3.77. The van der Waals surface area contributed by atoms with Gasteiger partial charge in [-0.2, -0.15) is 4.72 Å². The Morgan fingerprint density at radius 3 is 2.20 bits per heavy atom. The Kier molecular flexibility index (Phi) is 8.16. The van der Waals surface area contributed by atoms with Crippen LogP contribution in [0.15, 0.2) is 59.5 Å². The third-order valence-corrected chi connectivity index (χ3v) is 5.77. The fourth-order valence-electron chi connectivity index (χ4n) is 2.57. The Balaban J connectivity index is 2.03. The fourth-order valence-corrected chi connectivity index (χ4v) is 3.90. The number of hydrogen-bond donors (Lipinski definition) is 3. The maximum atomic E-state index is 12.5. The maximum Gasteiger partial charge on any atom is 0.321 e. The molecule has 0 radical (unpaired) electrons. The molecular weight excluding hydrogens is 428 g/mol. The molecule has 2 aromatic carbocycles.